The van der Waals surface area contributed by atoms with Crippen molar-refractivity contribution in [2.24, 2.45) is 0 Å². The maximum absolute atomic E-state index is 11.8. The van der Waals surface area contributed by atoms with Crippen LogP contribution in [0, 0.1) is 6.92 Å². The predicted octanol–water partition coefficient (Wildman–Crippen LogP) is 1.63. The topological polar surface area (TPSA) is 42.0 Å². The van der Waals surface area contributed by atoms with E-state index in [-0.39, 0.29) is 5.78 Å². The second kappa shape index (κ2) is 3.55. The molecule has 0 atom stereocenters. The molecule has 3 nitrogen and oxygen atoms in total. The SMILES string of the molecule is CNC(C)(C)C(=O)c1cc(C)ns1. The molecule has 0 aliphatic heterocycles. The standard InChI is InChI=1S/C9H14N2OS/c1-6-5-7(13-11-6)8(12)9(2,3)10-4/h5,10H,1-4H3. The van der Waals surface area contributed by atoms with E-state index < -0.39 is 5.54 Å². The van der Waals surface area contributed by atoms with Gasteiger partial charge in [-0.1, -0.05) is 0 Å². The second-order valence-corrected chi connectivity index (χ2v) is 4.34. The molecule has 0 bridgehead atoms. The molecule has 4 heteroatoms. The van der Waals surface area contributed by atoms with Gasteiger partial charge >= 0.3 is 0 Å². The summed E-state index contributed by atoms with van der Waals surface area (Å²) >= 11 is 1.26. The monoisotopic (exact) mass is 198 g/mol. The van der Waals surface area contributed by atoms with Gasteiger partial charge < -0.3 is 5.32 Å². The Hall–Kier alpha value is -0.740. The first kappa shape index (κ1) is 10.3. The Morgan fingerprint density at radius 2 is 2.23 bits per heavy atom. The molecule has 1 rings (SSSR count). The van der Waals surface area contributed by atoms with Crippen molar-refractivity contribution in [3.05, 3.63) is 16.6 Å². The van der Waals surface area contributed by atoms with E-state index in [0.717, 1.165) is 10.6 Å². The summed E-state index contributed by atoms with van der Waals surface area (Å²) < 4.78 is 4.08. The van der Waals surface area contributed by atoms with E-state index in [2.05, 4.69) is 9.69 Å². The van der Waals surface area contributed by atoms with Crippen molar-refractivity contribution < 1.29 is 4.79 Å². The van der Waals surface area contributed by atoms with Gasteiger partial charge in [0.25, 0.3) is 0 Å². The van der Waals surface area contributed by atoms with Gasteiger partial charge in [-0.3, -0.25) is 4.79 Å². The molecule has 1 aromatic rings. The molecule has 0 saturated carbocycles. The summed E-state index contributed by atoms with van der Waals surface area (Å²) in [5.41, 5.74) is 0.402. The molecular weight excluding hydrogens is 184 g/mol. The molecule has 0 aromatic carbocycles. The molecule has 0 spiro atoms. The number of ketones is 1. The number of hydrogen-bond acceptors (Lipinski definition) is 4. The van der Waals surface area contributed by atoms with E-state index >= 15 is 0 Å². The van der Waals surface area contributed by atoms with Crippen LogP contribution in [0.5, 0.6) is 0 Å². The summed E-state index contributed by atoms with van der Waals surface area (Å²) in [4.78, 5) is 12.5. The third-order valence-electron chi connectivity index (χ3n) is 2.04. The number of aromatic nitrogens is 1. The second-order valence-electron chi connectivity index (χ2n) is 3.54. The predicted molar refractivity (Wildman–Crippen MR) is 54.3 cm³/mol. The number of likely N-dealkylation sites (N-methyl/N-ethyl adjacent to an activating group) is 1. The highest BCUT2D eigenvalue weighted by Gasteiger charge is 2.27. The van der Waals surface area contributed by atoms with Crippen LogP contribution in [0.1, 0.15) is 29.2 Å². The van der Waals surface area contributed by atoms with Gasteiger partial charge in [0.2, 0.25) is 0 Å². The maximum Gasteiger partial charge on any atom is 0.193 e. The minimum Gasteiger partial charge on any atom is -0.308 e. The van der Waals surface area contributed by atoms with Gasteiger partial charge in [-0.25, -0.2) is 0 Å². The fourth-order valence-electron chi connectivity index (χ4n) is 0.892. The van der Waals surface area contributed by atoms with Gasteiger partial charge in [0.15, 0.2) is 5.78 Å². The highest BCUT2D eigenvalue weighted by Crippen LogP contribution is 2.17. The minimum absolute atomic E-state index is 0.0978. The van der Waals surface area contributed by atoms with Crippen LogP contribution in [0.25, 0.3) is 0 Å². The summed E-state index contributed by atoms with van der Waals surface area (Å²) in [6.07, 6.45) is 0. The van der Waals surface area contributed by atoms with Gasteiger partial charge in [-0.2, -0.15) is 4.37 Å². The first-order valence-electron chi connectivity index (χ1n) is 4.14. The lowest BCUT2D eigenvalue weighted by molar-refractivity contribution is 0.0894. The zero-order valence-corrected chi connectivity index (χ0v) is 9.16. The lowest BCUT2D eigenvalue weighted by Gasteiger charge is -2.20. The molecule has 0 amide bonds. The average molecular weight is 198 g/mol. The van der Waals surface area contributed by atoms with E-state index in [4.69, 9.17) is 0 Å². The lowest BCUT2D eigenvalue weighted by Crippen LogP contribution is -2.44. The molecule has 0 unspecified atom stereocenters. The molecule has 0 radical (unpaired) electrons. The smallest absolute Gasteiger partial charge is 0.193 e. The van der Waals surface area contributed by atoms with Crippen LogP contribution in [0.15, 0.2) is 6.07 Å². The molecule has 1 aromatic heterocycles. The summed E-state index contributed by atoms with van der Waals surface area (Å²) in [5, 5.41) is 2.98. The largest absolute Gasteiger partial charge is 0.308 e. The third-order valence-corrected chi connectivity index (χ3v) is 2.92. The Morgan fingerprint density at radius 1 is 1.62 bits per heavy atom. The fraction of sp³-hybridized carbons (Fsp3) is 0.556. The van der Waals surface area contributed by atoms with Gasteiger partial charge in [0, 0.05) is 0 Å². The Morgan fingerprint density at radius 3 is 2.62 bits per heavy atom. The summed E-state index contributed by atoms with van der Waals surface area (Å²) in [7, 11) is 1.78. The third kappa shape index (κ3) is 2.14. The van der Waals surface area contributed by atoms with Crippen LogP contribution in [0.4, 0.5) is 0 Å². The number of rotatable bonds is 3. The normalized spacial score (nSPS) is 11.7. The lowest BCUT2D eigenvalue weighted by atomic mass is 9.98. The summed E-state index contributed by atoms with van der Waals surface area (Å²) in [6.45, 7) is 5.62. The van der Waals surface area contributed by atoms with Crippen molar-refractivity contribution >= 4 is 17.3 Å². The Balaban J connectivity index is 2.91. The van der Waals surface area contributed by atoms with E-state index in [1.807, 2.05) is 26.8 Å². The van der Waals surface area contributed by atoms with Crippen molar-refractivity contribution in [3.8, 4) is 0 Å². The van der Waals surface area contributed by atoms with E-state index in [0.29, 0.717) is 0 Å². The molecule has 0 fully saturated rings. The quantitative estimate of drug-likeness (QED) is 0.751. The molecular formula is C9H14N2OS. The zero-order valence-electron chi connectivity index (χ0n) is 8.34. The van der Waals surface area contributed by atoms with Crippen molar-refractivity contribution in [2.75, 3.05) is 7.05 Å². The number of carbonyl (C=O) groups is 1. The van der Waals surface area contributed by atoms with Gasteiger partial charge in [0.05, 0.1) is 16.1 Å². The van der Waals surface area contributed by atoms with Crippen LogP contribution in [-0.4, -0.2) is 22.7 Å². The molecule has 0 aliphatic carbocycles. The first-order valence-corrected chi connectivity index (χ1v) is 4.92. The summed E-state index contributed by atoms with van der Waals surface area (Å²) in [6, 6.07) is 1.83. The van der Waals surface area contributed by atoms with Crippen molar-refractivity contribution in [3.63, 3.8) is 0 Å². The van der Waals surface area contributed by atoms with Crippen LogP contribution >= 0.6 is 11.5 Å². The first-order chi connectivity index (χ1) is 5.97. The number of aryl methyl sites for hydroxylation is 1. The Kier molecular flexibility index (Phi) is 2.83. The van der Waals surface area contributed by atoms with Crippen molar-refractivity contribution in [2.45, 2.75) is 26.3 Å². The fourth-order valence-corrected chi connectivity index (χ4v) is 1.75. The van der Waals surface area contributed by atoms with Crippen LogP contribution in [-0.2, 0) is 0 Å². The number of hydrogen-bond donors (Lipinski definition) is 1. The van der Waals surface area contributed by atoms with Gasteiger partial charge in [-0.15, -0.1) is 0 Å². The highest BCUT2D eigenvalue weighted by atomic mass is 32.1. The minimum atomic E-state index is -0.501. The highest BCUT2D eigenvalue weighted by molar-refractivity contribution is 7.08. The van der Waals surface area contributed by atoms with Crippen LogP contribution in [0.3, 0.4) is 0 Å². The average Bonchev–Trinajstić information content (AvgIpc) is 2.50. The number of nitrogens with one attached hydrogen (secondary N) is 1. The van der Waals surface area contributed by atoms with E-state index in [9.17, 15) is 4.79 Å². The van der Waals surface area contributed by atoms with E-state index in [1.165, 1.54) is 11.5 Å². The van der Waals surface area contributed by atoms with Gasteiger partial charge in [-0.05, 0) is 45.4 Å². The number of nitrogens with zero attached hydrogens (tertiary/aromatic N) is 1. The molecule has 13 heavy (non-hydrogen) atoms. The van der Waals surface area contributed by atoms with Gasteiger partial charge in [0.1, 0.15) is 0 Å². The molecule has 1 N–H and O–H groups in total. The maximum atomic E-state index is 11.8. The van der Waals surface area contributed by atoms with Crippen molar-refractivity contribution in [1.29, 1.82) is 0 Å². The molecule has 0 aliphatic rings. The molecule has 1 heterocycles. The Bertz CT molecular complexity index is 317. The number of Topliss-reactive ketones (excluding diaryl/α,β-unsaturated/α-hetero) is 1. The van der Waals surface area contributed by atoms with E-state index in [1.54, 1.807) is 7.05 Å². The zero-order chi connectivity index (χ0) is 10.1. The van der Waals surface area contributed by atoms with Crippen LogP contribution in [0.2, 0.25) is 0 Å². The van der Waals surface area contributed by atoms with Crippen LogP contribution < -0.4 is 5.32 Å². The molecule has 72 valence electrons. The summed E-state index contributed by atoms with van der Waals surface area (Å²) in [5.74, 6) is 0.0978. The Labute approximate surface area is 82.3 Å². The number of carbonyl (C=O) groups excluding carboxylic acids is 1. The molecule has 0 saturated heterocycles. The van der Waals surface area contributed by atoms with Crippen molar-refractivity contribution in [1.82, 2.24) is 9.69 Å².